The summed E-state index contributed by atoms with van der Waals surface area (Å²) >= 11 is 0. The van der Waals surface area contributed by atoms with Crippen molar-refractivity contribution in [3.05, 3.63) is 40.3 Å². The van der Waals surface area contributed by atoms with E-state index in [1.165, 1.54) is 57.8 Å². The molecule has 3 N–H and O–H groups in total. The van der Waals surface area contributed by atoms with Crippen LogP contribution in [0.4, 0.5) is 0 Å². The highest BCUT2D eigenvalue weighted by molar-refractivity contribution is 5.94. The summed E-state index contributed by atoms with van der Waals surface area (Å²) in [5.74, 6) is 1.65. The van der Waals surface area contributed by atoms with Crippen LogP contribution in [0.2, 0.25) is 0 Å². The number of para-hydroxylation sites is 2. The molecule has 3 heterocycles. The molecule has 170 valence electrons. The fourth-order valence-corrected chi connectivity index (χ4v) is 7.83. The van der Waals surface area contributed by atoms with Crippen LogP contribution < -0.4 is 11.3 Å². The van der Waals surface area contributed by atoms with Crippen molar-refractivity contribution < 1.29 is 0 Å². The topological polar surface area (TPSA) is 88.0 Å². The van der Waals surface area contributed by atoms with Gasteiger partial charge in [0.25, 0.3) is 5.56 Å². The van der Waals surface area contributed by atoms with Gasteiger partial charge in [-0.05, 0) is 68.9 Å². The van der Waals surface area contributed by atoms with E-state index >= 15 is 0 Å². The van der Waals surface area contributed by atoms with Crippen molar-refractivity contribution in [3.63, 3.8) is 0 Å². The van der Waals surface area contributed by atoms with Crippen molar-refractivity contribution in [1.29, 1.82) is 5.41 Å². The van der Waals surface area contributed by atoms with Crippen LogP contribution in [0.1, 0.15) is 82.4 Å². The predicted molar refractivity (Wildman–Crippen MR) is 127 cm³/mol. The van der Waals surface area contributed by atoms with Gasteiger partial charge in [0.05, 0.1) is 11.0 Å². The molecular weight excluding hydrogens is 398 g/mol. The van der Waals surface area contributed by atoms with Crippen molar-refractivity contribution >= 4 is 16.9 Å². The van der Waals surface area contributed by atoms with Crippen LogP contribution in [0.3, 0.4) is 0 Å². The second-order valence-electron chi connectivity index (χ2n) is 10.9. The number of piperidine rings is 2. The Hall–Kier alpha value is -2.21. The van der Waals surface area contributed by atoms with Crippen molar-refractivity contribution in [2.75, 3.05) is 0 Å². The molecule has 4 fully saturated rings. The van der Waals surface area contributed by atoms with Crippen molar-refractivity contribution in [2.24, 2.45) is 17.6 Å². The van der Waals surface area contributed by atoms with Crippen molar-refractivity contribution in [1.82, 2.24) is 14.5 Å². The lowest BCUT2D eigenvalue weighted by molar-refractivity contribution is -0.0485. The summed E-state index contributed by atoms with van der Waals surface area (Å²) in [4.78, 5) is 20.8. The molecule has 2 saturated heterocycles. The summed E-state index contributed by atoms with van der Waals surface area (Å²) < 4.78 is 1.94. The van der Waals surface area contributed by atoms with Crippen molar-refractivity contribution in [2.45, 2.75) is 94.8 Å². The maximum atomic E-state index is 13.4. The van der Waals surface area contributed by atoms with E-state index in [0.29, 0.717) is 12.1 Å². The minimum atomic E-state index is -0.235. The minimum absolute atomic E-state index is 0.0939. The number of hydrogen-bond acceptors (Lipinski definition) is 4. The number of rotatable bonds is 3. The molecule has 32 heavy (non-hydrogen) atoms. The van der Waals surface area contributed by atoms with E-state index < -0.39 is 0 Å². The Balaban J connectivity index is 1.35. The number of nitrogens with zero attached hydrogens (tertiary/aromatic N) is 3. The van der Waals surface area contributed by atoms with Gasteiger partial charge in [0.2, 0.25) is 0 Å². The summed E-state index contributed by atoms with van der Waals surface area (Å²) in [6.45, 7) is 0. The largest absolute Gasteiger partial charge is 0.382 e. The Morgan fingerprint density at radius 1 is 0.875 bits per heavy atom. The van der Waals surface area contributed by atoms with Crippen LogP contribution in [0.15, 0.2) is 29.1 Å². The summed E-state index contributed by atoms with van der Waals surface area (Å²) in [5, 5.41) is 7.91. The molecule has 2 aliphatic heterocycles. The fourth-order valence-electron chi connectivity index (χ4n) is 7.83. The monoisotopic (exact) mass is 433 g/mol. The van der Waals surface area contributed by atoms with Gasteiger partial charge >= 0.3 is 0 Å². The maximum Gasteiger partial charge on any atom is 0.281 e. The molecule has 4 aliphatic rings. The average Bonchev–Trinajstić information content (AvgIpc) is 2.77. The van der Waals surface area contributed by atoms with E-state index in [2.05, 4.69) is 9.88 Å². The molecule has 0 spiro atoms. The van der Waals surface area contributed by atoms with Crippen LogP contribution in [0.25, 0.3) is 11.0 Å². The molecule has 2 aliphatic carbocycles. The van der Waals surface area contributed by atoms with Gasteiger partial charge in [-0.25, -0.2) is 4.98 Å². The quantitative estimate of drug-likeness (QED) is 0.561. The van der Waals surface area contributed by atoms with Gasteiger partial charge < -0.3 is 10.3 Å². The fraction of sp³-hybridized carbons (Fsp3) is 0.654. The van der Waals surface area contributed by atoms with E-state index in [-0.39, 0.29) is 23.1 Å². The molecule has 6 rings (SSSR count). The molecule has 0 amide bonds. The zero-order valence-corrected chi connectivity index (χ0v) is 18.9. The van der Waals surface area contributed by atoms with Gasteiger partial charge in [-0.3, -0.25) is 15.1 Å². The number of aromatic nitrogens is 2. The average molecular weight is 434 g/mol. The van der Waals surface area contributed by atoms with E-state index in [1.54, 1.807) is 0 Å². The number of hydrogen-bond donors (Lipinski definition) is 2. The number of nitrogen functional groups attached to an aromatic ring is 1. The van der Waals surface area contributed by atoms with Gasteiger partial charge in [-0.1, -0.05) is 37.8 Å². The Kier molecular flexibility index (Phi) is 5.09. The zero-order chi connectivity index (χ0) is 21.8. The third kappa shape index (κ3) is 3.38. The molecule has 4 bridgehead atoms. The Labute approximate surface area is 189 Å². The third-order valence-electron chi connectivity index (χ3n) is 8.95. The van der Waals surface area contributed by atoms with Crippen LogP contribution in [-0.2, 0) is 0 Å². The van der Waals surface area contributed by atoms with Gasteiger partial charge in [0, 0.05) is 24.2 Å². The lowest BCUT2D eigenvalue weighted by atomic mass is 9.68. The van der Waals surface area contributed by atoms with Gasteiger partial charge in [-0.2, -0.15) is 0 Å². The first-order chi connectivity index (χ1) is 15.6. The van der Waals surface area contributed by atoms with E-state index in [9.17, 15) is 4.79 Å². The maximum absolute atomic E-state index is 13.4. The van der Waals surface area contributed by atoms with E-state index in [4.69, 9.17) is 11.1 Å². The zero-order valence-electron chi connectivity index (χ0n) is 18.9. The molecule has 2 aromatic rings. The Morgan fingerprint density at radius 2 is 1.53 bits per heavy atom. The minimum Gasteiger partial charge on any atom is -0.382 e. The second-order valence-corrected chi connectivity index (χ2v) is 10.9. The normalized spacial score (nSPS) is 35.0. The molecule has 2 saturated carbocycles. The second kappa shape index (κ2) is 7.98. The summed E-state index contributed by atoms with van der Waals surface area (Å²) in [5.41, 5.74) is 7.29. The lowest BCUT2D eigenvalue weighted by Crippen LogP contribution is -2.58. The SMILES string of the molecule is N=C(N)c1nc2ccccc2n([C@H]2C[C@H]3CCC[C@@H](C2)N3C2CC3CCCC(C3)C2)c1=O. The van der Waals surface area contributed by atoms with Crippen LogP contribution in [0, 0.1) is 17.2 Å². The summed E-state index contributed by atoms with van der Waals surface area (Å²) in [7, 11) is 0. The molecule has 1 aromatic carbocycles. The third-order valence-corrected chi connectivity index (χ3v) is 8.95. The number of benzene rings is 1. The van der Waals surface area contributed by atoms with Gasteiger partial charge in [0.1, 0.15) is 5.84 Å². The van der Waals surface area contributed by atoms with Crippen LogP contribution in [0.5, 0.6) is 0 Å². The van der Waals surface area contributed by atoms with Crippen molar-refractivity contribution in [3.8, 4) is 0 Å². The van der Waals surface area contributed by atoms with Gasteiger partial charge in [0.15, 0.2) is 5.69 Å². The first kappa shape index (κ1) is 20.4. The predicted octanol–water partition coefficient (Wildman–Crippen LogP) is 4.21. The Bertz CT molecular complexity index is 1070. The molecule has 6 nitrogen and oxygen atoms in total. The van der Waals surface area contributed by atoms with E-state index in [1.807, 2.05) is 28.8 Å². The van der Waals surface area contributed by atoms with Crippen LogP contribution in [-0.4, -0.2) is 38.4 Å². The van der Waals surface area contributed by atoms with Crippen LogP contribution >= 0.6 is 0 Å². The Morgan fingerprint density at radius 3 is 2.22 bits per heavy atom. The summed E-state index contributed by atoms with van der Waals surface area (Å²) in [6, 6.07) is 9.87. The first-order valence-corrected chi connectivity index (χ1v) is 12.7. The number of nitrogens with two attached hydrogens (primary N) is 1. The summed E-state index contributed by atoms with van der Waals surface area (Å²) in [6.07, 6.45) is 14.4. The smallest absolute Gasteiger partial charge is 0.281 e. The molecule has 1 aromatic heterocycles. The molecular formula is C26H35N5O. The van der Waals surface area contributed by atoms with Gasteiger partial charge in [-0.15, -0.1) is 0 Å². The standard InChI is InChI=1S/C26H35N5O/c27-25(28)24-26(32)31(23-10-2-1-9-22(23)29-24)21-14-18-7-4-8-19(15-21)30(18)20-12-16-5-3-6-17(11-16)13-20/h1-2,9-10,16-21H,3-8,11-15H2,(H3,27,28)/t16?,17?,18-,19+,20?,21+. The number of nitrogens with one attached hydrogen (secondary N) is 1. The molecule has 5 atom stereocenters. The first-order valence-electron chi connectivity index (χ1n) is 12.7. The lowest BCUT2D eigenvalue weighted by Gasteiger charge is -2.55. The highest BCUT2D eigenvalue weighted by Crippen LogP contribution is 2.47. The number of fused-ring (bicyclic) bond motifs is 5. The molecule has 2 unspecified atom stereocenters. The highest BCUT2D eigenvalue weighted by Gasteiger charge is 2.45. The molecule has 6 heteroatoms. The molecule has 0 radical (unpaired) electrons. The van der Waals surface area contributed by atoms with E-state index in [0.717, 1.165) is 41.8 Å². The highest BCUT2D eigenvalue weighted by atomic mass is 16.1. The number of amidine groups is 1.